The molecule has 2 aromatic rings. The van der Waals surface area contributed by atoms with Gasteiger partial charge in [-0.2, -0.15) is 0 Å². The van der Waals surface area contributed by atoms with Crippen molar-refractivity contribution < 1.29 is 4.92 Å². The van der Waals surface area contributed by atoms with E-state index in [-0.39, 0.29) is 5.69 Å². The fraction of sp³-hybridized carbons (Fsp3) is 0.125. The highest BCUT2D eigenvalue weighted by Gasteiger charge is 2.14. The van der Waals surface area contributed by atoms with Gasteiger partial charge in [0.2, 0.25) is 0 Å². The summed E-state index contributed by atoms with van der Waals surface area (Å²) in [7, 11) is 0. The standard InChI is InChI=1S/C8H6N2O2S/c1-5-8-6(2-3-13-8)7(4-9-5)10(11)12/h2-4H,1H3. The highest BCUT2D eigenvalue weighted by molar-refractivity contribution is 7.17. The van der Waals surface area contributed by atoms with Crippen molar-refractivity contribution in [3.63, 3.8) is 0 Å². The zero-order chi connectivity index (χ0) is 9.42. The van der Waals surface area contributed by atoms with Crippen molar-refractivity contribution in [2.45, 2.75) is 6.92 Å². The molecule has 13 heavy (non-hydrogen) atoms. The third kappa shape index (κ3) is 1.17. The molecule has 0 spiro atoms. The molecular formula is C8H6N2O2S. The molecule has 5 heteroatoms. The number of pyridine rings is 1. The van der Waals surface area contributed by atoms with E-state index >= 15 is 0 Å². The quantitative estimate of drug-likeness (QED) is 0.517. The van der Waals surface area contributed by atoms with Gasteiger partial charge in [-0.3, -0.25) is 15.1 Å². The minimum absolute atomic E-state index is 0.0850. The summed E-state index contributed by atoms with van der Waals surface area (Å²) in [6, 6.07) is 1.76. The zero-order valence-electron chi connectivity index (χ0n) is 6.85. The smallest absolute Gasteiger partial charge is 0.258 e. The van der Waals surface area contributed by atoms with Gasteiger partial charge < -0.3 is 0 Å². The Bertz CT molecular complexity index is 478. The minimum atomic E-state index is -0.401. The van der Waals surface area contributed by atoms with Crippen molar-refractivity contribution in [1.82, 2.24) is 4.98 Å². The first-order valence-electron chi connectivity index (χ1n) is 3.67. The Labute approximate surface area is 78.0 Å². The minimum Gasteiger partial charge on any atom is -0.258 e. The lowest BCUT2D eigenvalue weighted by molar-refractivity contribution is -0.383. The number of rotatable bonds is 1. The van der Waals surface area contributed by atoms with E-state index in [4.69, 9.17) is 0 Å². The molecule has 2 heterocycles. The summed E-state index contributed by atoms with van der Waals surface area (Å²) in [5, 5.41) is 13.1. The second-order valence-corrected chi connectivity index (χ2v) is 3.57. The van der Waals surface area contributed by atoms with Crippen LogP contribution in [0.15, 0.2) is 17.6 Å². The highest BCUT2D eigenvalue weighted by Crippen LogP contribution is 2.30. The molecule has 0 radical (unpaired) electrons. The maximum absolute atomic E-state index is 10.6. The number of nitro groups is 1. The Morgan fingerprint density at radius 2 is 2.38 bits per heavy atom. The lowest BCUT2D eigenvalue weighted by Gasteiger charge is -1.95. The Balaban J connectivity index is 2.86. The van der Waals surface area contributed by atoms with Crippen molar-refractivity contribution in [2.75, 3.05) is 0 Å². The van der Waals surface area contributed by atoms with Crippen LogP contribution < -0.4 is 0 Å². The third-order valence-electron chi connectivity index (χ3n) is 1.85. The molecule has 0 aromatic carbocycles. The lowest BCUT2D eigenvalue weighted by Crippen LogP contribution is -1.90. The summed E-state index contributed by atoms with van der Waals surface area (Å²) in [5.74, 6) is 0. The van der Waals surface area contributed by atoms with Crippen LogP contribution in [-0.2, 0) is 0 Å². The molecule has 0 N–H and O–H groups in total. The van der Waals surface area contributed by atoms with E-state index in [0.717, 1.165) is 10.4 Å². The topological polar surface area (TPSA) is 56.0 Å². The van der Waals surface area contributed by atoms with Crippen LogP contribution in [0.4, 0.5) is 5.69 Å². The van der Waals surface area contributed by atoms with Crippen molar-refractivity contribution >= 4 is 27.1 Å². The molecule has 0 fully saturated rings. The average molecular weight is 194 g/mol. The van der Waals surface area contributed by atoms with Crippen molar-refractivity contribution in [3.05, 3.63) is 33.5 Å². The average Bonchev–Trinajstić information content (AvgIpc) is 2.53. The number of fused-ring (bicyclic) bond motifs is 1. The van der Waals surface area contributed by atoms with Gasteiger partial charge in [-0.25, -0.2) is 0 Å². The van der Waals surface area contributed by atoms with Gasteiger partial charge in [-0.1, -0.05) is 0 Å². The zero-order valence-corrected chi connectivity index (χ0v) is 7.67. The van der Waals surface area contributed by atoms with Crippen LogP contribution in [0.2, 0.25) is 0 Å². The van der Waals surface area contributed by atoms with Crippen molar-refractivity contribution in [2.24, 2.45) is 0 Å². The lowest BCUT2D eigenvalue weighted by atomic mass is 10.2. The molecule has 4 nitrogen and oxygen atoms in total. The third-order valence-corrected chi connectivity index (χ3v) is 2.87. The van der Waals surface area contributed by atoms with Crippen molar-refractivity contribution in [1.29, 1.82) is 0 Å². The summed E-state index contributed by atoms with van der Waals surface area (Å²) >= 11 is 1.48. The molecule has 0 aliphatic rings. The van der Waals surface area contributed by atoms with E-state index in [9.17, 15) is 10.1 Å². The van der Waals surface area contributed by atoms with E-state index in [1.54, 1.807) is 6.07 Å². The number of hydrogen-bond acceptors (Lipinski definition) is 4. The molecule has 0 saturated carbocycles. The second kappa shape index (κ2) is 2.77. The largest absolute Gasteiger partial charge is 0.296 e. The highest BCUT2D eigenvalue weighted by atomic mass is 32.1. The summed E-state index contributed by atoms with van der Waals surface area (Å²) in [5.41, 5.74) is 0.928. The normalized spacial score (nSPS) is 10.5. The second-order valence-electron chi connectivity index (χ2n) is 2.65. The number of aryl methyl sites for hydroxylation is 1. The molecular weight excluding hydrogens is 188 g/mol. The molecule has 0 amide bonds. The Kier molecular flexibility index (Phi) is 1.73. The molecule has 0 bridgehead atoms. The van der Waals surface area contributed by atoms with E-state index in [1.165, 1.54) is 17.5 Å². The molecule has 2 rings (SSSR count). The van der Waals surface area contributed by atoms with Gasteiger partial charge in [-0.15, -0.1) is 11.3 Å². The number of hydrogen-bond donors (Lipinski definition) is 0. The number of nitrogens with zero attached hydrogens (tertiary/aromatic N) is 2. The van der Waals surface area contributed by atoms with Crippen LogP contribution in [0, 0.1) is 17.0 Å². The Morgan fingerprint density at radius 1 is 1.62 bits per heavy atom. The van der Waals surface area contributed by atoms with Gasteiger partial charge in [0.15, 0.2) is 0 Å². The summed E-state index contributed by atoms with van der Waals surface area (Å²) < 4.78 is 0.897. The van der Waals surface area contributed by atoms with Crippen molar-refractivity contribution in [3.8, 4) is 0 Å². The van der Waals surface area contributed by atoms with Gasteiger partial charge in [0.05, 0.1) is 20.7 Å². The maximum Gasteiger partial charge on any atom is 0.296 e. The monoisotopic (exact) mass is 194 g/mol. The van der Waals surface area contributed by atoms with Gasteiger partial charge in [-0.05, 0) is 18.4 Å². The summed E-state index contributed by atoms with van der Waals surface area (Å²) in [4.78, 5) is 14.2. The van der Waals surface area contributed by atoms with Crippen LogP contribution in [0.25, 0.3) is 10.1 Å². The van der Waals surface area contributed by atoms with Crippen LogP contribution in [0.3, 0.4) is 0 Å². The van der Waals surface area contributed by atoms with E-state index in [1.807, 2.05) is 12.3 Å². The predicted octanol–water partition coefficient (Wildman–Crippen LogP) is 2.51. The molecule has 66 valence electrons. The van der Waals surface area contributed by atoms with Crippen LogP contribution >= 0.6 is 11.3 Å². The summed E-state index contributed by atoms with van der Waals surface area (Å²) in [6.45, 7) is 1.85. The summed E-state index contributed by atoms with van der Waals surface area (Å²) in [6.07, 6.45) is 1.31. The van der Waals surface area contributed by atoms with Gasteiger partial charge in [0, 0.05) is 0 Å². The molecule has 2 aromatic heterocycles. The number of thiophene rings is 1. The molecule has 0 atom stereocenters. The van der Waals surface area contributed by atoms with Gasteiger partial charge >= 0.3 is 0 Å². The SMILES string of the molecule is Cc1ncc([N+](=O)[O-])c2ccsc12. The fourth-order valence-electron chi connectivity index (χ4n) is 1.22. The van der Waals surface area contributed by atoms with E-state index < -0.39 is 4.92 Å². The number of aromatic nitrogens is 1. The first kappa shape index (κ1) is 8.12. The predicted molar refractivity (Wildman–Crippen MR) is 51.0 cm³/mol. The molecule has 0 aliphatic heterocycles. The maximum atomic E-state index is 10.6. The molecule has 0 saturated heterocycles. The Morgan fingerprint density at radius 3 is 3.08 bits per heavy atom. The van der Waals surface area contributed by atoms with Gasteiger partial charge in [0.1, 0.15) is 6.20 Å². The fourth-order valence-corrected chi connectivity index (χ4v) is 2.09. The first-order valence-corrected chi connectivity index (χ1v) is 4.55. The van der Waals surface area contributed by atoms with Crippen LogP contribution in [0.5, 0.6) is 0 Å². The first-order chi connectivity index (χ1) is 6.20. The van der Waals surface area contributed by atoms with Crippen LogP contribution in [-0.4, -0.2) is 9.91 Å². The van der Waals surface area contributed by atoms with E-state index in [0.29, 0.717) is 5.39 Å². The molecule has 0 unspecified atom stereocenters. The van der Waals surface area contributed by atoms with E-state index in [2.05, 4.69) is 4.98 Å². The van der Waals surface area contributed by atoms with Gasteiger partial charge in [0.25, 0.3) is 5.69 Å². The Hall–Kier alpha value is -1.49. The molecule has 0 aliphatic carbocycles. The van der Waals surface area contributed by atoms with Crippen LogP contribution in [0.1, 0.15) is 5.69 Å².